The van der Waals surface area contributed by atoms with Crippen LogP contribution < -0.4 is 0 Å². The van der Waals surface area contributed by atoms with Gasteiger partial charge in [0.15, 0.2) is 9.84 Å². The van der Waals surface area contributed by atoms with E-state index in [4.69, 9.17) is 4.74 Å². The monoisotopic (exact) mass is 349 g/mol. The van der Waals surface area contributed by atoms with E-state index in [-0.39, 0.29) is 29.3 Å². The van der Waals surface area contributed by atoms with Crippen molar-refractivity contribution >= 4 is 35.8 Å². The van der Waals surface area contributed by atoms with Gasteiger partial charge >= 0.3 is 0 Å². The average Bonchev–Trinajstić information content (AvgIpc) is 2.59. The average molecular weight is 350 g/mol. The van der Waals surface area contributed by atoms with Crippen molar-refractivity contribution in [3.8, 4) is 0 Å². The highest BCUT2D eigenvalue weighted by molar-refractivity contribution is 9.10. The molecule has 0 radical (unpaired) electrons. The Bertz CT molecular complexity index is 447. The highest BCUT2D eigenvalue weighted by Crippen LogP contribution is 2.21. The largest absolute Gasteiger partial charge is 0.383 e. The van der Waals surface area contributed by atoms with Crippen LogP contribution in [0.3, 0.4) is 0 Å². The van der Waals surface area contributed by atoms with Crippen LogP contribution in [0.2, 0.25) is 0 Å². The number of sulfone groups is 1. The SMILES string of the molecule is COCCN(C1CCS(=O)(=O)C1)S(=O)(=O)CBr. The van der Waals surface area contributed by atoms with Gasteiger partial charge in [-0.2, -0.15) is 4.31 Å². The maximum absolute atomic E-state index is 11.8. The molecular weight excluding hydrogens is 334 g/mol. The molecule has 1 atom stereocenters. The summed E-state index contributed by atoms with van der Waals surface area (Å²) in [6, 6.07) is -0.460. The predicted molar refractivity (Wildman–Crippen MR) is 68.4 cm³/mol. The molecule has 0 aliphatic carbocycles. The van der Waals surface area contributed by atoms with E-state index in [0.29, 0.717) is 6.42 Å². The molecule has 0 amide bonds. The maximum Gasteiger partial charge on any atom is 0.224 e. The van der Waals surface area contributed by atoms with Crippen LogP contribution in [-0.2, 0) is 24.6 Å². The molecule has 1 aliphatic heterocycles. The number of alkyl halides is 1. The van der Waals surface area contributed by atoms with Crippen molar-refractivity contribution in [2.45, 2.75) is 12.5 Å². The number of halogens is 1. The zero-order chi connectivity index (χ0) is 13.1. The fourth-order valence-electron chi connectivity index (χ4n) is 1.80. The lowest BCUT2D eigenvalue weighted by Gasteiger charge is -2.26. The molecule has 6 nitrogen and oxygen atoms in total. The summed E-state index contributed by atoms with van der Waals surface area (Å²) >= 11 is 2.92. The number of hydrogen-bond acceptors (Lipinski definition) is 5. The third-order valence-electron chi connectivity index (χ3n) is 2.63. The fourth-order valence-corrected chi connectivity index (χ4v) is 5.52. The Kier molecular flexibility index (Phi) is 5.39. The molecule has 0 N–H and O–H groups in total. The molecule has 1 fully saturated rings. The van der Waals surface area contributed by atoms with Crippen molar-refractivity contribution in [3.05, 3.63) is 0 Å². The van der Waals surface area contributed by atoms with E-state index in [1.54, 1.807) is 0 Å². The Morgan fingerprint density at radius 1 is 1.47 bits per heavy atom. The van der Waals surface area contributed by atoms with Gasteiger partial charge in [-0.25, -0.2) is 16.8 Å². The molecule has 1 heterocycles. The topological polar surface area (TPSA) is 80.8 Å². The van der Waals surface area contributed by atoms with Gasteiger partial charge < -0.3 is 4.74 Å². The molecule has 0 spiro atoms. The molecule has 1 unspecified atom stereocenters. The highest BCUT2D eigenvalue weighted by atomic mass is 79.9. The first kappa shape index (κ1) is 15.4. The lowest BCUT2D eigenvalue weighted by Crippen LogP contribution is -2.43. The zero-order valence-corrected chi connectivity index (χ0v) is 12.7. The Morgan fingerprint density at radius 2 is 2.12 bits per heavy atom. The predicted octanol–water partition coefficient (Wildman–Crippen LogP) is -0.196. The lowest BCUT2D eigenvalue weighted by atomic mass is 10.3. The number of rotatable bonds is 6. The first-order valence-electron chi connectivity index (χ1n) is 5.07. The van der Waals surface area contributed by atoms with Crippen molar-refractivity contribution < 1.29 is 21.6 Å². The van der Waals surface area contributed by atoms with Crippen LogP contribution in [-0.4, -0.2) is 63.6 Å². The highest BCUT2D eigenvalue weighted by Gasteiger charge is 2.37. The van der Waals surface area contributed by atoms with Gasteiger partial charge in [0.05, 0.1) is 18.1 Å². The minimum absolute atomic E-state index is 0.0545. The van der Waals surface area contributed by atoms with Crippen molar-refractivity contribution in [3.63, 3.8) is 0 Å². The third-order valence-corrected chi connectivity index (χ3v) is 7.58. The standard InChI is InChI=1S/C8H16BrNO5S2/c1-15-4-3-10(17(13,14)7-9)8-2-5-16(11,12)6-8/h8H,2-7H2,1H3. The van der Waals surface area contributed by atoms with Crippen LogP contribution in [0.1, 0.15) is 6.42 Å². The molecule has 0 aromatic rings. The summed E-state index contributed by atoms with van der Waals surface area (Å²) in [5.41, 5.74) is 0. The smallest absolute Gasteiger partial charge is 0.224 e. The third kappa shape index (κ3) is 4.16. The zero-order valence-electron chi connectivity index (χ0n) is 9.50. The number of nitrogens with zero attached hydrogens (tertiary/aromatic N) is 1. The Hall–Kier alpha value is 0.300. The van der Waals surface area contributed by atoms with Gasteiger partial charge in [-0.05, 0) is 6.42 Å². The van der Waals surface area contributed by atoms with Crippen molar-refractivity contribution in [1.82, 2.24) is 4.31 Å². The number of ether oxygens (including phenoxy) is 1. The second-order valence-electron chi connectivity index (χ2n) is 3.88. The molecule has 1 aliphatic rings. The molecule has 1 rings (SSSR count). The van der Waals surface area contributed by atoms with Crippen LogP contribution in [0, 0.1) is 0 Å². The van der Waals surface area contributed by atoms with Crippen LogP contribution in [0.15, 0.2) is 0 Å². The Balaban J connectivity index is 2.85. The van der Waals surface area contributed by atoms with Crippen LogP contribution >= 0.6 is 15.9 Å². The minimum atomic E-state index is -3.46. The van der Waals surface area contributed by atoms with Gasteiger partial charge in [0.2, 0.25) is 10.0 Å². The van der Waals surface area contributed by atoms with Crippen LogP contribution in [0.4, 0.5) is 0 Å². The molecule has 1 saturated heterocycles. The summed E-state index contributed by atoms with van der Waals surface area (Å²) in [4.78, 5) is 0. The van der Waals surface area contributed by atoms with E-state index in [2.05, 4.69) is 15.9 Å². The number of methoxy groups -OCH3 is 1. The second kappa shape index (κ2) is 5.96. The molecule has 9 heteroatoms. The summed E-state index contributed by atoms with van der Waals surface area (Å²) in [5.74, 6) is -0.0398. The number of sulfonamides is 1. The quantitative estimate of drug-likeness (QED) is 0.620. The van der Waals surface area contributed by atoms with Gasteiger partial charge in [-0.15, -0.1) is 0 Å². The van der Waals surface area contributed by atoms with E-state index in [1.165, 1.54) is 11.4 Å². The fraction of sp³-hybridized carbons (Fsp3) is 1.00. The van der Waals surface area contributed by atoms with Gasteiger partial charge in [-0.1, -0.05) is 15.9 Å². The molecule has 0 aromatic heterocycles. The summed E-state index contributed by atoms with van der Waals surface area (Å²) in [5, 5.41) is 0. The second-order valence-corrected chi connectivity index (χ2v) is 9.33. The normalized spacial score (nSPS) is 24.3. The molecule has 17 heavy (non-hydrogen) atoms. The van der Waals surface area contributed by atoms with E-state index in [1.807, 2.05) is 0 Å². The maximum atomic E-state index is 11.8. The first-order chi connectivity index (χ1) is 7.82. The lowest BCUT2D eigenvalue weighted by molar-refractivity contribution is 0.169. The van der Waals surface area contributed by atoms with E-state index in [0.717, 1.165) is 0 Å². The Morgan fingerprint density at radius 3 is 2.53 bits per heavy atom. The molecule has 102 valence electrons. The summed E-state index contributed by atoms with van der Waals surface area (Å²) in [6.07, 6.45) is 0.359. The Labute approximate surface area is 110 Å². The number of hydrogen-bond donors (Lipinski definition) is 0. The van der Waals surface area contributed by atoms with Crippen LogP contribution in [0.25, 0.3) is 0 Å². The molecule has 0 bridgehead atoms. The summed E-state index contributed by atoms with van der Waals surface area (Å²) in [7, 11) is -5.08. The van der Waals surface area contributed by atoms with Gasteiger partial charge in [0, 0.05) is 19.7 Å². The van der Waals surface area contributed by atoms with E-state index in [9.17, 15) is 16.8 Å². The van der Waals surface area contributed by atoms with Gasteiger partial charge in [0.1, 0.15) is 4.66 Å². The van der Waals surface area contributed by atoms with Crippen LogP contribution in [0.5, 0.6) is 0 Å². The van der Waals surface area contributed by atoms with Gasteiger partial charge in [0.25, 0.3) is 0 Å². The summed E-state index contributed by atoms with van der Waals surface area (Å²) < 4.78 is 52.3. The molecular formula is C8H16BrNO5S2. The van der Waals surface area contributed by atoms with Gasteiger partial charge in [-0.3, -0.25) is 0 Å². The van der Waals surface area contributed by atoms with Crippen molar-refractivity contribution in [2.75, 3.05) is 36.4 Å². The molecule has 0 aromatic carbocycles. The van der Waals surface area contributed by atoms with Crippen molar-refractivity contribution in [2.24, 2.45) is 0 Å². The summed E-state index contributed by atoms with van der Waals surface area (Å²) in [6.45, 7) is 0.438. The molecule has 0 saturated carbocycles. The first-order valence-corrected chi connectivity index (χ1v) is 9.62. The van der Waals surface area contributed by atoms with E-state index < -0.39 is 25.9 Å². The van der Waals surface area contributed by atoms with Crippen molar-refractivity contribution in [1.29, 1.82) is 0 Å². The minimum Gasteiger partial charge on any atom is -0.383 e. The van der Waals surface area contributed by atoms with E-state index >= 15 is 0 Å².